The second kappa shape index (κ2) is 4.73. The first-order valence-corrected chi connectivity index (χ1v) is 5.76. The van der Waals surface area contributed by atoms with E-state index in [1.807, 2.05) is 0 Å². The van der Waals surface area contributed by atoms with Crippen molar-refractivity contribution >= 4 is 34.8 Å². The van der Waals surface area contributed by atoms with Crippen LogP contribution in [0.2, 0.25) is 15.1 Å². The molecule has 0 atom stereocenters. The summed E-state index contributed by atoms with van der Waals surface area (Å²) in [5, 5.41) is 10.1. The molecule has 0 saturated heterocycles. The average molecular weight is 292 g/mol. The highest BCUT2D eigenvalue weighted by molar-refractivity contribution is 6.38. The van der Waals surface area contributed by atoms with E-state index in [2.05, 4.69) is 0 Å². The Balaban J connectivity index is 2.64. The van der Waals surface area contributed by atoms with Gasteiger partial charge in [-0.2, -0.15) is 0 Å². The quantitative estimate of drug-likeness (QED) is 0.769. The molecule has 0 amide bonds. The average Bonchev–Trinajstić information content (AvgIpc) is 2.24. The van der Waals surface area contributed by atoms with E-state index in [1.165, 1.54) is 30.3 Å². The van der Waals surface area contributed by atoms with Crippen LogP contribution in [-0.2, 0) is 0 Å². The fourth-order valence-corrected chi connectivity index (χ4v) is 2.14. The molecule has 0 aromatic heterocycles. The number of hydrogen-bond donors (Lipinski definition) is 1. The molecule has 0 radical (unpaired) electrons. The third kappa shape index (κ3) is 2.49. The summed E-state index contributed by atoms with van der Waals surface area (Å²) in [5.41, 5.74) is 1.10. The number of benzene rings is 2. The molecule has 1 nitrogen and oxygen atoms in total. The molecule has 0 aliphatic heterocycles. The normalized spacial score (nSPS) is 10.6. The smallest absolute Gasteiger partial charge is 0.135 e. The Kier molecular flexibility index (Phi) is 3.48. The standard InChI is InChI=1S/C12H6Cl3FO/c13-9-3-6(16)1-2-7(9)8-4-11(15)12(17)5-10(8)14/h1-5,17H. The van der Waals surface area contributed by atoms with E-state index in [-0.39, 0.29) is 15.8 Å². The number of hydrogen-bond acceptors (Lipinski definition) is 1. The number of aromatic hydroxyl groups is 1. The van der Waals surface area contributed by atoms with Gasteiger partial charge in [-0.05, 0) is 24.3 Å². The van der Waals surface area contributed by atoms with Gasteiger partial charge in [-0.25, -0.2) is 4.39 Å². The van der Waals surface area contributed by atoms with Gasteiger partial charge in [0.1, 0.15) is 11.6 Å². The number of phenols is 1. The largest absolute Gasteiger partial charge is 0.506 e. The van der Waals surface area contributed by atoms with Crippen LogP contribution in [0.4, 0.5) is 4.39 Å². The predicted octanol–water partition coefficient (Wildman–Crippen LogP) is 5.16. The van der Waals surface area contributed by atoms with Crippen LogP contribution in [0, 0.1) is 5.82 Å². The maximum Gasteiger partial charge on any atom is 0.135 e. The summed E-state index contributed by atoms with van der Waals surface area (Å²) in [7, 11) is 0. The summed E-state index contributed by atoms with van der Waals surface area (Å²) in [5.74, 6) is -0.543. The van der Waals surface area contributed by atoms with Gasteiger partial charge in [-0.1, -0.05) is 34.8 Å². The van der Waals surface area contributed by atoms with Crippen LogP contribution in [0.3, 0.4) is 0 Å². The second-order valence-corrected chi connectivity index (χ2v) is 4.63. The lowest BCUT2D eigenvalue weighted by atomic mass is 10.1. The maximum absolute atomic E-state index is 12.9. The van der Waals surface area contributed by atoms with Crippen LogP contribution in [0.15, 0.2) is 30.3 Å². The molecule has 0 bridgehead atoms. The van der Waals surface area contributed by atoms with Crippen molar-refractivity contribution in [2.45, 2.75) is 0 Å². The molecule has 0 fully saturated rings. The molecule has 0 spiro atoms. The van der Waals surface area contributed by atoms with Crippen LogP contribution in [0.1, 0.15) is 0 Å². The molecule has 17 heavy (non-hydrogen) atoms. The van der Waals surface area contributed by atoms with Crippen LogP contribution in [0.5, 0.6) is 5.75 Å². The Hall–Kier alpha value is -0.960. The van der Waals surface area contributed by atoms with Crippen molar-refractivity contribution in [1.82, 2.24) is 0 Å². The first kappa shape index (κ1) is 12.5. The molecular formula is C12H6Cl3FO. The lowest BCUT2D eigenvalue weighted by Gasteiger charge is -2.08. The first-order chi connectivity index (χ1) is 7.99. The molecule has 0 unspecified atom stereocenters. The van der Waals surface area contributed by atoms with Gasteiger partial charge < -0.3 is 5.11 Å². The van der Waals surface area contributed by atoms with Crippen molar-refractivity contribution in [3.05, 3.63) is 51.2 Å². The van der Waals surface area contributed by atoms with Gasteiger partial charge in [-0.3, -0.25) is 0 Å². The highest BCUT2D eigenvalue weighted by Crippen LogP contribution is 2.38. The molecule has 0 heterocycles. The SMILES string of the molecule is Oc1cc(Cl)c(-c2ccc(F)cc2Cl)cc1Cl. The molecule has 0 aliphatic rings. The van der Waals surface area contributed by atoms with Gasteiger partial charge in [0.25, 0.3) is 0 Å². The van der Waals surface area contributed by atoms with E-state index in [0.717, 1.165) is 0 Å². The highest BCUT2D eigenvalue weighted by Gasteiger charge is 2.11. The zero-order valence-corrected chi connectivity index (χ0v) is 10.6. The lowest BCUT2D eigenvalue weighted by Crippen LogP contribution is -1.84. The van der Waals surface area contributed by atoms with Crippen LogP contribution >= 0.6 is 34.8 Å². The van der Waals surface area contributed by atoms with E-state index < -0.39 is 5.82 Å². The summed E-state index contributed by atoms with van der Waals surface area (Å²) >= 11 is 17.7. The van der Waals surface area contributed by atoms with Crippen LogP contribution < -0.4 is 0 Å². The van der Waals surface area contributed by atoms with Gasteiger partial charge in [0.2, 0.25) is 0 Å². The maximum atomic E-state index is 12.9. The van der Waals surface area contributed by atoms with E-state index in [0.29, 0.717) is 16.1 Å². The molecule has 88 valence electrons. The Morgan fingerprint density at radius 2 is 1.47 bits per heavy atom. The number of phenolic OH excluding ortho intramolecular Hbond substituents is 1. The van der Waals surface area contributed by atoms with Crippen molar-refractivity contribution in [2.24, 2.45) is 0 Å². The Labute approximate surface area is 112 Å². The zero-order valence-electron chi connectivity index (χ0n) is 8.35. The van der Waals surface area contributed by atoms with Gasteiger partial charge in [0, 0.05) is 17.2 Å². The first-order valence-electron chi connectivity index (χ1n) is 4.62. The molecule has 0 saturated carbocycles. The topological polar surface area (TPSA) is 20.2 Å². The molecule has 2 aromatic rings. The fraction of sp³-hybridized carbons (Fsp3) is 0. The summed E-state index contributed by atoms with van der Waals surface area (Å²) in [4.78, 5) is 0. The fourth-order valence-electron chi connectivity index (χ4n) is 1.45. The van der Waals surface area contributed by atoms with Crippen molar-refractivity contribution in [3.63, 3.8) is 0 Å². The molecule has 5 heteroatoms. The molecule has 2 rings (SSSR count). The highest BCUT2D eigenvalue weighted by atomic mass is 35.5. The van der Waals surface area contributed by atoms with Gasteiger partial charge in [0.05, 0.1) is 15.1 Å². The van der Waals surface area contributed by atoms with E-state index in [9.17, 15) is 9.50 Å². The summed E-state index contributed by atoms with van der Waals surface area (Å²) in [6.07, 6.45) is 0. The third-order valence-electron chi connectivity index (χ3n) is 2.26. The third-order valence-corrected chi connectivity index (χ3v) is 3.19. The molecule has 0 aliphatic carbocycles. The van der Waals surface area contributed by atoms with Crippen LogP contribution in [-0.4, -0.2) is 5.11 Å². The minimum Gasteiger partial charge on any atom is -0.506 e. The molecule has 2 aromatic carbocycles. The second-order valence-electron chi connectivity index (χ2n) is 3.41. The summed E-state index contributed by atoms with van der Waals surface area (Å²) in [6.45, 7) is 0. The predicted molar refractivity (Wildman–Crippen MR) is 68.5 cm³/mol. The van der Waals surface area contributed by atoms with Crippen molar-refractivity contribution in [2.75, 3.05) is 0 Å². The summed E-state index contributed by atoms with van der Waals surface area (Å²) < 4.78 is 12.9. The molecule has 1 N–H and O–H groups in total. The summed E-state index contributed by atoms with van der Waals surface area (Å²) in [6, 6.07) is 6.77. The van der Waals surface area contributed by atoms with E-state index in [1.54, 1.807) is 0 Å². The van der Waals surface area contributed by atoms with E-state index >= 15 is 0 Å². The van der Waals surface area contributed by atoms with Gasteiger partial charge >= 0.3 is 0 Å². The minimum absolute atomic E-state index is 0.112. The molecular weight excluding hydrogens is 285 g/mol. The van der Waals surface area contributed by atoms with E-state index in [4.69, 9.17) is 34.8 Å². The number of halogens is 4. The van der Waals surface area contributed by atoms with Crippen molar-refractivity contribution in [3.8, 4) is 16.9 Å². The monoisotopic (exact) mass is 290 g/mol. The Morgan fingerprint density at radius 1 is 0.824 bits per heavy atom. The minimum atomic E-state index is -0.431. The number of rotatable bonds is 1. The lowest BCUT2D eigenvalue weighted by molar-refractivity contribution is 0.475. The van der Waals surface area contributed by atoms with Gasteiger partial charge in [0.15, 0.2) is 0 Å². The van der Waals surface area contributed by atoms with Crippen molar-refractivity contribution < 1.29 is 9.50 Å². The Bertz CT molecular complexity index is 584. The Morgan fingerprint density at radius 3 is 2.12 bits per heavy atom. The zero-order chi connectivity index (χ0) is 12.6. The van der Waals surface area contributed by atoms with Crippen molar-refractivity contribution in [1.29, 1.82) is 0 Å². The van der Waals surface area contributed by atoms with Crippen LogP contribution in [0.25, 0.3) is 11.1 Å². The van der Waals surface area contributed by atoms with Gasteiger partial charge in [-0.15, -0.1) is 0 Å².